The van der Waals surface area contributed by atoms with Crippen LogP contribution in [0.4, 0.5) is 5.69 Å². The summed E-state index contributed by atoms with van der Waals surface area (Å²) in [5.41, 5.74) is 8.10. The summed E-state index contributed by atoms with van der Waals surface area (Å²) < 4.78 is 5.60. The Balaban J connectivity index is 1.35. The summed E-state index contributed by atoms with van der Waals surface area (Å²) in [6.45, 7) is 3.55. The Labute approximate surface area is 182 Å². The first-order chi connectivity index (χ1) is 15.2. The molecule has 0 aliphatic carbocycles. The molecule has 1 aromatic carbocycles. The maximum Gasteiger partial charge on any atom is 0.241 e. The Morgan fingerprint density at radius 2 is 2.00 bits per heavy atom. The number of para-hydroxylation sites is 2. The van der Waals surface area contributed by atoms with Crippen molar-refractivity contribution in [2.24, 2.45) is 5.92 Å². The van der Waals surface area contributed by atoms with E-state index in [2.05, 4.69) is 21.2 Å². The van der Waals surface area contributed by atoms with Crippen LogP contribution in [0.15, 0.2) is 48.8 Å². The molecule has 4 rings (SSSR count). The van der Waals surface area contributed by atoms with Crippen molar-refractivity contribution in [2.45, 2.75) is 38.3 Å². The highest BCUT2D eigenvalue weighted by molar-refractivity contribution is 5.94. The van der Waals surface area contributed by atoms with E-state index in [-0.39, 0.29) is 29.8 Å². The maximum atomic E-state index is 13.1. The van der Waals surface area contributed by atoms with Gasteiger partial charge in [0.05, 0.1) is 18.2 Å². The number of nitrogens with zero attached hydrogens (tertiary/aromatic N) is 2. The molecule has 3 atom stereocenters. The second-order valence-electron chi connectivity index (χ2n) is 7.95. The van der Waals surface area contributed by atoms with Crippen LogP contribution in [0.3, 0.4) is 0 Å². The van der Waals surface area contributed by atoms with Crippen molar-refractivity contribution in [1.82, 2.24) is 20.7 Å². The number of hydrogen-bond acceptors (Lipinski definition) is 6. The van der Waals surface area contributed by atoms with Crippen molar-refractivity contribution in [2.75, 3.05) is 25.0 Å². The lowest BCUT2D eigenvalue weighted by atomic mass is 9.95. The summed E-state index contributed by atoms with van der Waals surface area (Å²) in [6.07, 6.45) is 5.75. The number of benzene rings is 1. The van der Waals surface area contributed by atoms with Crippen LogP contribution >= 0.6 is 0 Å². The van der Waals surface area contributed by atoms with Crippen LogP contribution in [0, 0.1) is 5.92 Å². The van der Waals surface area contributed by atoms with E-state index >= 15 is 0 Å². The molecule has 1 aromatic heterocycles. The van der Waals surface area contributed by atoms with Gasteiger partial charge in [-0.05, 0) is 56.0 Å². The van der Waals surface area contributed by atoms with Crippen LogP contribution in [0.1, 0.15) is 37.8 Å². The summed E-state index contributed by atoms with van der Waals surface area (Å²) in [6, 6.07) is 11.1. The first kappa shape index (κ1) is 21.3. The second kappa shape index (κ2) is 9.89. The van der Waals surface area contributed by atoms with Gasteiger partial charge in [-0.1, -0.05) is 12.1 Å². The van der Waals surface area contributed by atoms with E-state index in [9.17, 15) is 9.59 Å². The molecule has 0 saturated carbocycles. The third-order valence-corrected chi connectivity index (χ3v) is 5.86. The van der Waals surface area contributed by atoms with Crippen molar-refractivity contribution in [3.8, 4) is 5.75 Å². The monoisotopic (exact) mass is 423 g/mol. The summed E-state index contributed by atoms with van der Waals surface area (Å²) in [4.78, 5) is 31.9. The first-order valence-corrected chi connectivity index (χ1v) is 10.9. The van der Waals surface area contributed by atoms with Gasteiger partial charge < -0.3 is 15.0 Å². The number of hydrazine groups is 1. The molecule has 0 spiro atoms. The lowest BCUT2D eigenvalue weighted by Crippen LogP contribution is -2.50. The number of likely N-dealkylation sites (tertiary alicyclic amines) is 1. The highest BCUT2D eigenvalue weighted by atomic mass is 16.5. The fourth-order valence-electron chi connectivity index (χ4n) is 4.23. The normalized spacial score (nSPS) is 23.4. The van der Waals surface area contributed by atoms with E-state index in [4.69, 9.17) is 4.74 Å². The van der Waals surface area contributed by atoms with E-state index in [0.717, 1.165) is 18.4 Å². The fraction of sp³-hybridized carbons (Fsp3) is 0.435. The smallest absolute Gasteiger partial charge is 0.241 e. The van der Waals surface area contributed by atoms with Gasteiger partial charge in [-0.2, -0.15) is 0 Å². The molecular weight excluding hydrogens is 394 g/mol. The molecule has 2 aliphatic heterocycles. The van der Waals surface area contributed by atoms with Crippen molar-refractivity contribution in [3.63, 3.8) is 0 Å². The van der Waals surface area contributed by atoms with Crippen molar-refractivity contribution in [1.29, 1.82) is 0 Å². The number of aromatic nitrogens is 1. The minimum atomic E-state index is -0.307. The minimum Gasteiger partial charge on any atom is -0.492 e. The lowest BCUT2D eigenvalue weighted by Gasteiger charge is -2.33. The van der Waals surface area contributed by atoms with E-state index in [1.54, 1.807) is 12.4 Å². The molecule has 3 N–H and O–H groups in total. The Morgan fingerprint density at radius 3 is 2.81 bits per heavy atom. The summed E-state index contributed by atoms with van der Waals surface area (Å²) in [5, 5.41) is 2.99. The topological polar surface area (TPSA) is 95.6 Å². The molecule has 2 amide bonds. The van der Waals surface area contributed by atoms with Gasteiger partial charge in [0.2, 0.25) is 11.8 Å². The Morgan fingerprint density at radius 1 is 1.19 bits per heavy atom. The SMILES string of the molecule is CCOc1ccccc1NC(=O)C1CCCN(C(=O)C2CC(c3ccncc3)NN2)C1. The Hall–Kier alpha value is -2.97. The second-order valence-corrected chi connectivity index (χ2v) is 7.95. The molecule has 0 bridgehead atoms. The predicted octanol–water partition coefficient (Wildman–Crippen LogP) is 2.27. The van der Waals surface area contributed by atoms with Gasteiger partial charge in [-0.15, -0.1) is 0 Å². The van der Waals surface area contributed by atoms with Gasteiger partial charge in [0.1, 0.15) is 11.8 Å². The fourth-order valence-corrected chi connectivity index (χ4v) is 4.23. The average Bonchev–Trinajstić information content (AvgIpc) is 3.31. The summed E-state index contributed by atoms with van der Waals surface area (Å²) in [5.74, 6) is 0.385. The van der Waals surface area contributed by atoms with Crippen molar-refractivity contribution < 1.29 is 14.3 Å². The van der Waals surface area contributed by atoms with Crippen LogP contribution < -0.4 is 20.9 Å². The standard InChI is InChI=1S/C23H29N5O3/c1-2-31-21-8-4-3-7-18(21)25-22(29)17-6-5-13-28(15-17)23(30)20-14-19(26-27-20)16-9-11-24-12-10-16/h3-4,7-12,17,19-20,26-27H,2,5-6,13-15H2,1H3,(H,25,29). The molecular formula is C23H29N5O3. The van der Waals surface area contributed by atoms with E-state index < -0.39 is 0 Å². The third kappa shape index (κ3) is 5.03. The molecule has 8 nitrogen and oxygen atoms in total. The zero-order chi connectivity index (χ0) is 21.6. The number of carbonyl (C=O) groups excluding carboxylic acids is 2. The number of hydrogen-bond donors (Lipinski definition) is 3. The van der Waals surface area contributed by atoms with Crippen LogP contribution in [0.2, 0.25) is 0 Å². The molecule has 2 aromatic rings. The zero-order valence-electron chi connectivity index (χ0n) is 17.7. The maximum absolute atomic E-state index is 13.1. The lowest BCUT2D eigenvalue weighted by molar-refractivity contribution is -0.136. The predicted molar refractivity (Wildman–Crippen MR) is 117 cm³/mol. The van der Waals surface area contributed by atoms with Crippen LogP contribution in [-0.4, -0.2) is 47.4 Å². The number of anilines is 1. The molecule has 3 heterocycles. The minimum absolute atomic E-state index is 0.0382. The molecule has 2 saturated heterocycles. The van der Waals surface area contributed by atoms with Gasteiger partial charge in [0.25, 0.3) is 0 Å². The largest absolute Gasteiger partial charge is 0.492 e. The Bertz CT molecular complexity index is 907. The van der Waals surface area contributed by atoms with E-state index in [1.165, 1.54) is 0 Å². The number of carbonyl (C=O) groups is 2. The summed E-state index contributed by atoms with van der Waals surface area (Å²) in [7, 11) is 0. The van der Waals surface area contributed by atoms with Crippen molar-refractivity contribution in [3.05, 3.63) is 54.4 Å². The first-order valence-electron chi connectivity index (χ1n) is 10.9. The molecule has 0 radical (unpaired) electrons. The number of pyridine rings is 1. The van der Waals surface area contributed by atoms with Gasteiger partial charge in [0.15, 0.2) is 0 Å². The molecule has 164 valence electrons. The molecule has 8 heteroatoms. The van der Waals surface area contributed by atoms with Gasteiger partial charge in [-0.25, -0.2) is 10.9 Å². The molecule has 2 aliphatic rings. The van der Waals surface area contributed by atoms with Crippen LogP contribution in [0.5, 0.6) is 5.75 Å². The van der Waals surface area contributed by atoms with Gasteiger partial charge in [0, 0.05) is 31.5 Å². The van der Waals surface area contributed by atoms with Crippen LogP contribution in [-0.2, 0) is 9.59 Å². The molecule has 3 unspecified atom stereocenters. The van der Waals surface area contributed by atoms with E-state index in [0.29, 0.717) is 37.6 Å². The number of piperidine rings is 1. The number of nitrogens with one attached hydrogen (secondary N) is 3. The number of rotatable bonds is 6. The molecule has 31 heavy (non-hydrogen) atoms. The van der Waals surface area contributed by atoms with Crippen molar-refractivity contribution >= 4 is 17.5 Å². The number of amides is 2. The average molecular weight is 424 g/mol. The molecule has 2 fully saturated rings. The Kier molecular flexibility index (Phi) is 6.79. The van der Waals surface area contributed by atoms with Crippen LogP contribution in [0.25, 0.3) is 0 Å². The highest BCUT2D eigenvalue weighted by Gasteiger charge is 2.36. The third-order valence-electron chi connectivity index (χ3n) is 5.86. The summed E-state index contributed by atoms with van der Waals surface area (Å²) >= 11 is 0. The quantitative estimate of drug-likeness (QED) is 0.660. The van der Waals surface area contributed by atoms with E-state index in [1.807, 2.05) is 48.2 Å². The zero-order valence-corrected chi connectivity index (χ0v) is 17.7. The number of ether oxygens (including phenoxy) is 1. The van der Waals surface area contributed by atoms with Gasteiger partial charge >= 0.3 is 0 Å². The highest BCUT2D eigenvalue weighted by Crippen LogP contribution is 2.27. The van der Waals surface area contributed by atoms with Gasteiger partial charge in [-0.3, -0.25) is 14.6 Å².